The minimum atomic E-state index is -0.686. The summed E-state index contributed by atoms with van der Waals surface area (Å²) < 4.78 is 30.5. The fraction of sp³-hybridized carbons (Fsp3) is 0.273. The van der Waals surface area contributed by atoms with E-state index < -0.39 is 11.6 Å². The Morgan fingerprint density at radius 2 is 2.14 bits per heavy atom. The molecule has 0 unspecified atom stereocenters. The molecule has 0 aliphatic heterocycles. The first-order valence-electron chi connectivity index (χ1n) is 4.21. The van der Waals surface area contributed by atoms with Crippen LogP contribution < -0.4 is 4.74 Å². The second kappa shape index (κ2) is 5.23. The van der Waals surface area contributed by atoms with Gasteiger partial charge in [-0.15, -0.1) is 11.8 Å². The number of halogens is 2. The highest BCUT2D eigenvalue weighted by Gasteiger charge is 2.03. The second-order valence-electron chi connectivity index (χ2n) is 2.60. The molecule has 0 amide bonds. The molecule has 0 saturated heterocycles. The van der Waals surface area contributed by atoms with Gasteiger partial charge in [0.25, 0.3) is 0 Å². The van der Waals surface area contributed by atoms with Crippen molar-refractivity contribution in [1.29, 1.82) is 0 Å². The molecule has 0 spiro atoms. The van der Waals surface area contributed by atoms with Crippen molar-refractivity contribution in [1.82, 2.24) is 0 Å². The summed E-state index contributed by atoms with van der Waals surface area (Å²) in [6.45, 7) is 2.03. The zero-order valence-electron chi connectivity index (χ0n) is 7.81. The van der Waals surface area contributed by atoms with Gasteiger partial charge in [0.05, 0.1) is 6.61 Å². The van der Waals surface area contributed by atoms with Crippen LogP contribution in [0.3, 0.4) is 0 Å². The Hall–Kier alpha value is -1.56. The molecular formula is C11H10F2O. The fourth-order valence-electron chi connectivity index (χ4n) is 0.929. The van der Waals surface area contributed by atoms with E-state index in [0.717, 1.165) is 12.1 Å². The van der Waals surface area contributed by atoms with Crippen LogP contribution in [0.25, 0.3) is 0 Å². The van der Waals surface area contributed by atoms with Crippen molar-refractivity contribution < 1.29 is 13.5 Å². The van der Waals surface area contributed by atoms with Crippen LogP contribution in [0, 0.1) is 23.5 Å². The van der Waals surface area contributed by atoms with E-state index in [1.165, 1.54) is 6.07 Å². The van der Waals surface area contributed by atoms with Crippen LogP contribution in [-0.4, -0.2) is 6.61 Å². The number of hydrogen-bond donors (Lipinski definition) is 0. The number of benzene rings is 1. The van der Waals surface area contributed by atoms with Crippen molar-refractivity contribution in [2.75, 3.05) is 6.61 Å². The molecule has 14 heavy (non-hydrogen) atoms. The number of hydrogen-bond acceptors (Lipinski definition) is 1. The predicted octanol–water partition coefficient (Wildman–Crippen LogP) is 2.76. The molecule has 0 atom stereocenters. The zero-order valence-corrected chi connectivity index (χ0v) is 7.81. The number of rotatable bonds is 3. The van der Waals surface area contributed by atoms with Gasteiger partial charge in [0.1, 0.15) is 5.82 Å². The van der Waals surface area contributed by atoms with Crippen LogP contribution in [-0.2, 0) is 0 Å². The summed E-state index contributed by atoms with van der Waals surface area (Å²) in [6.07, 6.45) is 0.535. The summed E-state index contributed by atoms with van der Waals surface area (Å²) in [5.41, 5.74) is 0. The van der Waals surface area contributed by atoms with Gasteiger partial charge in [-0.2, -0.15) is 0 Å². The van der Waals surface area contributed by atoms with Crippen LogP contribution in [0.15, 0.2) is 18.2 Å². The average Bonchev–Trinajstić information content (AvgIpc) is 2.15. The van der Waals surface area contributed by atoms with Crippen LogP contribution >= 0.6 is 0 Å². The molecule has 0 N–H and O–H groups in total. The van der Waals surface area contributed by atoms with Crippen molar-refractivity contribution >= 4 is 0 Å². The standard InChI is InChI=1S/C11H10F2O/c1-2-3-4-7-14-11-6-5-9(12)8-10(11)13/h5-6,8H,4,7H2,1H3. The van der Waals surface area contributed by atoms with E-state index in [0.29, 0.717) is 13.0 Å². The topological polar surface area (TPSA) is 9.23 Å². The summed E-state index contributed by atoms with van der Waals surface area (Å²) in [5.74, 6) is 4.24. The highest BCUT2D eigenvalue weighted by atomic mass is 19.1. The molecule has 0 saturated carbocycles. The Balaban J connectivity index is 2.53. The molecular weight excluding hydrogens is 186 g/mol. The Morgan fingerprint density at radius 3 is 2.79 bits per heavy atom. The smallest absolute Gasteiger partial charge is 0.167 e. The van der Waals surface area contributed by atoms with Gasteiger partial charge < -0.3 is 4.74 Å². The molecule has 0 heterocycles. The average molecular weight is 196 g/mol. The van der Waals surface area contributed by atoms with Crippen molar-refractivity contribution in [3.8, 4) is 17.6 Å². The van der Waals surface area contributed by atoms with E-state index >= 15 is 0 Å². The van der Waals surface area contributed by atoms with E-state index in [9.17, 15) is 8.78 Å². The third kappa shape index (κ3) is 3.06. The SMILES string of the molecule is CC#CCCOc1ccc(F)cc1F. The quantitative estimate of drug-likeness (QED) is 0.533. The van der Waals surface area contributed by atoms with Gasteiger partial charge in [0, 0.05) is 12.5 Å². The van der Waals surface area contributed by atoms with Crippen LogP contribution in [0.5, 0.6) is 5.75 Å². The van der Waals surface area contributed by atoms with E-state index in [1.54, 1.807) is 6.92 Å². The summed E-state index contributed by atoms with van der Waals surface area (Å²) in [7, 11) is 0. The molecule has 0 fully saturated rings. The third-order valence-electron chi connectivity index (χ3n) is 1.56. The monoisotopic (exact) mass is 196 g/mol. The van der Waals surface area contributed by atoms with Crippen molar-refractivity contribution in [3.63, 3.8) is 0 Å². The van der Waals surface area contributed by atoms with Crippen molar-refractivity contribution in [3.05, 3.63) is 29.8 Å². The second-order valence-corrected chi connectivity index (χ2v) is 2.60. The molecule has 1 nitrogen and oxygen atoms in total. The zero-order chi connectivity index (χ0) is 10.4. The molecule has 0 aliphatic carbocycles. The largest absolute Gasteiger partial charge is 0.490 e. The maximum absolute atomic E-state index is 13.0. The summed E-state index contributed by atoms with van der Waals surface area (Å²) >= 11 is 0. The van der Waals surface area contributed by atoms with Crippen molar-refractivity contribution in [2.24, 2.45) is 0 Å². The van der Waals surface area contributed by atoms with Gasteiger partial charge >= 0.3 is 0 Å². The highest BCUT2D eigenvalue weighted by molar-refractivity contribution is 5.24. The van der Waals surface area contributed by atoms with Crippen LogP contribution in [0.1, 0.15) is 13.3 Å². The first kappa shape index (κ1) is 10.5. The van der Waals surface area contributed by atoms with Gasteiger partial charge in [-0.05, 0) is 19.1 Å². The van der Waals surface area contributed by atoms with E-state index in [2.05, 4.69) is 11.8 Å². The molecule has 0 aromatic heterocycles. The lowest BCUT2D eigenvalue weighted by Gasteiger charge is -2.04. The lowest BCUT2D eigenvalue weighted by atomic mass is 10.3. The van der Waals surface area contributed by atoms with Gasteiger partial charge in [-0.1, -0.05) is 0 Å². The Labute approximate surface area is 81.7 Å². The third-order valence-corrected chi connectivity index (χ3v) is 1.56. The summed E-state index contributed by atoms with van der Waals surface area (Å²) in [6, 6.07) is 3.22. The molecule has 1 aromatic carbocycles. The van der Waals surface area contributed by atoms with E-state index in [4.69, 9.17) is 4.74 Å². The molecule has 0 bridgehead atoms. The Kier molecular flexibility index (Phi) is 3.93. The van der Waals surface area contributed by atoms with Gasteiger partial charge in [0.2, 0.25) is 0 Å². The van der Waals surface area contributed by atoms with Gasteiger partial charge in [0.15, 0.2) is 11.6 Å². The van der Waals surface area contributed by atoms with Crippen LogP contribution in [0.2, 0.25) is 0 Å². The minimum absolute atomic E-state index is 0.0595. The minimum Gasteiger partial charge on any atom is -0.490 e. The molecule has 0 aliphatic rings. The Morgan fingerprint density at radius 1 is 1.36 bits per heavy atom. The van der Waals surface area contributed by atoms with Gasteiger partial charge in [-0.25, -0.2) is 8.78 Å². The molecule has 1 rings (SSSR count). The maximum atomic E-state index is 13.0. The van der Waals surface area contributed by atoms with E-state index in [-0.39, 0.29) is 5.75 Å². The Bertz CT molecular complexity index is 363. The number of ether oxygens (including phenoxy) is 1. The highest BCUT2D eigenvalue weighted by Crippen LogP contribution is 2.17. The molecule has 74 valence electrons. The molecule has 1 aromatic rings. The lowest BCUT2D eigenvalue weighted by molar-refractivity contribution is 0.309. The van der Waals surface area contributed by atoms with E-state index in [1.807, 2.05) is 0 Å². The first-order chi connectivity index (χ1) is 6.74. The normalized spacial score (nSPS) is 9.07. The predicted molar refractivity (Wildman–Crippen MR) is 49.9 cm³/mol. The summed E-state index contributed by atoms with van der Waals surface area (Å²) in [5, 5.41) is 0. The fourth-order valence-corrected chi connectivity index (χ4v) is 0.929. The van der Waals surface area contributed by atoms with Gasteiger partial charge in [-0.3, -0.25) is 0 Å². The first-order valence-corrected chi connectivity index (χ1v) is 4.21. The van der Waals surface area contributed by atoms with Crippen LogP contribution in [0.4, 0.5) is 8.78 Å². The molecule has 0 radical (unpaired) electrons. The summed E-state index contributed by atoms with van der Waals surface area (Å²) in [4.78, 5) is 0. The maximum Gasteiger partial charge on any atom is 0.167 e. The lowest BCUT2D eigenvalue weighted by Crippen LogP contribution is -1.98. The molecule has 3 heteroatoms. The van der Waals surface area contributed by atoms with Crippen molar-refractivity contribution in [2.45, 2.75) is 13.3 Å².